The summed E-state index contributed by atoms with van der Waals surface area (Å²) >= 11 is 0. The van der Waals surface area contributed by atoms with Gasteiger partial charge in [-0.3, -0.25) is 9.59 Å². The second kappa shape index (κ2) is 5.86. The lowest BCUT2D eigenvalue weighted by Crippen LogP contribution is -2.51. The fourth-order valence-electron chi connectivity index (χ4n) is 4.95. The zero-order chi connectivity index (χ0) is 17.8. The third-order valence-electron chi connectivity index (χ3n) is 6.49. The highest BCUT2D eigenvalue weighted by Gasteiger charge is 2.53. The van der Waals surface area contributed by atoms with Gasteiger partial charge < -0.3 is 9.64 Å². The molecular formula is C21H27NO3. The zero-order valence-electron chi connectivity index (χ0n) is 15.4. The van der Waals surface area contributed by atoms with E-state index in [4.69, 9.17) is 4.74 Å². The smallest absolute Gasteiger partial charge is 0.306 e. The second-order valence-corrected chi connectivity index (χ2v) is 8.63. The van der Waals surface area contributed by atoms with Crippen molar-refractivity contribution in [2.45, 2.75) is 57.9 Å². The van der Waals surface area contributed by atoms with E-state index in [1.807, 2.05) is 11.9 Å². The van der Waals surface area contributed by atoms with Crippen molar-refractivity contribution in [1.82, 2.24) is 4.90 Å². The maximum absolute atomic E-state index is 12.7. The first-order chi connectivity index (χ1) is 11.8. The lowest BCUT2D eigenvalue weighted by Gasteiger charge is -2.47. The van der Waals surface area contributed by atoms with Gasteiger partial charge in [0.2, 0.25) is 5.91 Å². The van der Waals surface area contributed by atoms with Crippen LogP contribution in [-0.2, 0) is 14.3 Å². The van der Waals surface area contributed by atoms with E-state index in [-0.39, 0.29) is 23.2 Å². The van der Waals surface area contributed by atoms with Gasteiger partial charge in [-0.25, -0.2) is 0 Å². The topological polar surface area (TPSA) is 46.6 Å². The molecule has 1 aliphatic heterocycles. The molecule has 0 N–H and O–H groups in total. The predicted octanol–water partition coefficient (Wildman–Crippen LogP) is 3.35. The van der Waals surface area contributed by atoms with Crippen LogP contribution in [0.5, 0.6) is 0 Å². The maximum Gasteiger partial charge on any atom is 0.306 e. The molecule has 1 saturated heterocycles. The van der Waals surface area contributed by atoms with Crippen molar-refractivity contribution in [2.24, 2.45) is 11.3 Å². The Morgan fingerprint density at radius 3 is 2.36 bits per heavy atom. The van der Waals surface area contributed by atoms with E-state index in [1.165, 1.54) is 16.7 Å². The Kier molecular flexibility index (Phi) is 3.89. The van der Waals surface area contributed by atoms with Gasteiger partial charge in [-0.15, -0.1) is 0 Å². The first-order valence-corrected chi connectivity index (χ1v) is 9.36. The average Bonchev–Trinajstić information content (AvgIpc) is 2.84. The quantitative estimate of drug-likeness (QED) is 0.792. The van der Waals surface area contributed by atoms with Crippen LogP contribution in [0, 0.1) is 25.2 Å². The summed E-state index contributed by atoms with van der Waals surface area (Å²) in [7, 11) is 1.95. The molecule has 3 fully saturated rings. The van der Waals surface area contributed by atoms with Gasteiger partial charge in [0.05, 0.1) is 13.0 Å². The van der Waals surface area contributed by atoms with Gasteiger partial charge in [0.15, 0.2) is 0 Å². The molecule has 0 aromatic heterocycles. The number of hydrogen-bond acceptors (Lipinski definition) is 3. The van der Waals surface area contributed by atoms with Crippen LogP contribution in [0.15, 0.2) is 18.2 Å². The van der Waals surface area contributed by atoms with Crippen LogP contribution in [0.4, 0.5) is 0 Å². The van der Waals surface area contributed by atoms with Crippen molar-refractivity contribution in [2.75, 3.05) is 13.7 Å². The number of carbonyl (C=O) groups is 2. The Labute approximate surface area is 149 Å². The van der Waals surface area contributed by atoms with E-state index in [0.717, 1.165) is 25.7 Å². The van der Waals surface area contributed by atoms with Crippen molar-refractivity contribution >= 4 is 11.9 Å². The highest BCUT2D eigenvalue weighted by molar-refractivity contribution is 5.81. The van der Waals surface area contributed by atoms with Gasteiger partial charge in [-0.2, -0.15) is 0 Å². The Morgan fingerprint density at radius 2 is 1.80 bits per heavy atom. The van der Waals surface area contributed by atoms with Crippen molar-refractivity contribution in [3.8, 4) is 0 Å². The molecule has 25 heavy (non-hydrogen) atoms. The van der Waals surface area contributed by atoms with E-state index >= 15 is 0 Å². The summed E-state index contributed by atoms with van der Waals surface area (Å²) in [5.74, 6) is 0.815. The van der Waals surface area contributed by atoms with Crippen LogP contribution in [-0.4, -0.2) is 36.5 Å². The fraction of sp³-hybridized carbons (Fsp3) is 0.619. The van der Waals surface area contributed by atoms with Gasteiger partial charge in [0.1, 0.15) is 0 Å². The molecule has 0 radical (unpaired) electrons. The summed E-state index contributed by atoms with van der Waals surface area (Å²) in [6, 6.07) is 7.13. The zero-order valence-corrected chi connectivity index (χ0v) is 15.4. The Balaban J connectivity index is 1.30. The van der Waals surface area contributed by atoms with Gasteiger partial charge in [0.25, 0.3) is 0 Å². The normalized spacial score (nSPS) is 33.6. The molecule has 3 aliphatic rings. The summed E-state index contributed by atoms with van der Waals surface area (Å²) in [5, 5.41) is 0. The average molecular weight is 341 g/mol. The Bertz CT molecular complexity index is 694. The van der Waals surface area contributed by atoms with E-state index in [2.05, 4.69) is 32.0 Å². The number of hydrogen-bond donors (Lipinski definition) is 0. The summed E-state index contributed by atoms with van der Waals surface area (Å²) in [5.41, 5.74) is 4.02. The van der Waals surface area contributed by atoms with E-state index in [1.54, 1.807) is 0 Å². The number of aryl methyl sites for hydroxylation is 2. The van der Waals surface area contributed by atoms with Crippen LogP contribution in [0.2, 0.25) is 0 Å². The number of nitrogens with zero attached hydrogens (tertiary/aromatic N) is 1. The molecule has 1 aromatic rings. The molecule has 1 amide bonds. The van der Waals surface area contributed by atoms with Gasteiger partial charge in [-0.1, -0.05) is 29.3 Å². The molecule has 1 aromatic carbocycles. The van der Waals surface area contributed by atoms with E-state index < -0.39 is 0 Å². The van der Waals surface area contributed by atoms with Gasteiger partial charge >= 0.3 is 5.97 Å². The van der Waals surface area contributed by atoms with Crippen LogP contribution in [0.25, 0.3) is 0 Å². The van der Waals surface area contributed by atoms with Gasteiger partial charge in [0, 0.05) is 24.4 Å². The molecule has 1 heterocycles. The lowest BCUT2D eigenvalue weighted by atomic mass is 9.61. The van der Waals surface area contributed by atoms with Crippen LogP contribution < -0.4 is 0 Å². The highest BCUT2D eigenvalue weighted by Crippen LogP contribution is 2.52. The van der Waals surface area contributed by atoms with Crippen LogP contribution in [0.1, 0.15) is 54.7 Å². The minimum Gasteiger partial charge on any atom is -0.465 e. The lowest BCUT2D eigenvalue weighted by molar-refractivity contribution is -0.146. The number of cyclic esters (lactones) is 1. The second-order valence-electron chi connectivity index (χ2n) is 8.63. The molecule has 134 valence electrons. The number of benzene rings is 1. The van der Waals surface area contributed by atoms with Crippen molar-refractivity contribution in [3.63, 3.8) is 0 Å². The van der Waals surface area contributed by atoms with E-state index in [9.17, 15) is 9.59 Å². The van der Waals surface area contributed by atoms with E-state index in [0.29, 0.717) is 25.0 Å². The van der Waals surface area contributed by atoms with Gasteiger partial charge in [-0.05, 0) is 51.0 Å². The van der Waals surface area contributed by atoms with Crippen molar-refractivity contribution in [1.29, 1.82) is 0 Å². The summed E-state index contributed by atoms with van der Waals surface area (Å²) in [6.45, 7) is 4.80. The van der Waals surface area contributed by atoms with Crippen molar-refractivity contribution < 1.29 is 14.3 Å². The number of ether oxygens (including phenoxy) is 1. The number of carbonyl (C=O) groups excluding carboxylic acids is 2. The molecule has 4 heteroatoms. The molecule has 4 rings (SSSR count). The first-order valence-electron chi connectivity index (χ1n) is 9.36. The first kappa shape index (κ1) is 16.6. The molecule has 2 aliphatic carbocycles. The summed E-state index contributed by atoms with van der Waals surface area (Å²) < 4.78 is 5.10. The molecule has 4 nitrogen and oxygen atoms in total. The molecule has 1 spiro atoms. The minimum atomic E-state index is -0.102. The molecule has 0 atom stereocenters. The standard InChI is InChI=1S/C21H27NO3/c1-13-4-14(2)6-15(5-13)16-7-18(8-16)22(3)20(24)17-9-21(10-17)11-19(23)25-12-21/h4-6,16-18H,7-12H2,1-3H3. The third-order valence-corrected chi connectivity index (χ3v) is 6.49. The number of rotatable bonds is 3. The molecule has 0 bridgehead atoms. The predicted molar refractivity (Wildman–Crippen MR) is 95.2 cm³/mol. The molecular weight excluding hydrogens is 314 g/mol. The molecule has 2 saturated carbocycles. The maximum atomic E-state index is 12.7. The Morgan fingerprint density at radius 1 is 1.16 bits per heavy atom. The minimum absolute atomic E-state index is 0.0283. The monoisotopic (exact) mass is 341 g/mol. The largest absolute Gasteiger partial charge is 0.465 e. The summed E-state index contributed by atoms with van der Waals surface area (Å²) in [4.78, 5) is 26.0. The van der Waals surface area contributed by atoms with Crippen LogP contribution >= 0.6 is 0 Å². The number of amides is 1. The van der Waals surface area contributed by atoms with Crippen LogP contribution in [0.3, 0.4) is 0 Å². The summed E-state index contributed by atoms with van der Waals surface area (Å²) in [6.07, 6.45) is 4.25. The third kappa shape index (κ3) is 2.96. The number of esters is 1. The highest BCUT2D eigenvalue weighted by atomic mass is 16.5. The molecule has 0 unspecified atom stereocenters. The Hall–Kier alpha value is -1.84. The SMILES string of the molecule is Cc1cc(C)cc(C2CC(N(C)C(=O)C3CC4(COC(=O)C4)C3)C2)c1. The fourth-order valence-corrected chi connectivity index (χ4v) is 4.95. The van der Waals surface area contributed by atoms with Crippen molar-refractivity contribution in [3.05, 3.63) is 34.9 Å².